The molecule has 0 aliphatic heterocycles. The number of aliphatic carboxylic acids is 1. The van der Waals surface area contributed by atoms with Crippen LogP contribution in [0, 0.1) is 5.92 Å². The van der Waals surface area contributed by atoms with Crippen LogP contribution in [0.15, 0.2) is 4.52 Å². The molecule has 0 aromatic carbocycles. The summed E-state index contributed by atoms with van der Waals surface area (Å²) in [5, 5.41) is 13.1. The topological polar surface area (TPSA) is 76.2 Å². The van der Waals surface area contributed by atoms with Crippen LogP contribution in [0.3, 0.4) is 0 Å². The first kappa shape index (κ1) is 12.6. The van der Waals surface area contributed by atoms with Gasteiger partial charge in [0.25, 0.3) is 0 Å². The molecule has 2 atom stereocenters. The highest BCUT2D eigenvalue weighted by Crippen LogP contribution is 2.38. The zero-order valence-corrected chi connectivity index (χ0v) is 11.0. The van der Waals surface area contributed by atoms with Crippen molar-refractivity contribution in [1.82, 2.24) is 10.1 Å². The van der Waals surface area contributed by atoms with Crippen LogP contribution in [-0.2, 0) is 4.79 Å². The van der Waals surface area contributed by atoms with E-state index in [1.165, 1.54) is 19.3 Å². The summed E-state index contributed by atoms with van der Waals surface area (Å²) >= 11 is 0. The Kier molecular flexibility index (Phi) is 3.53. The number of carboxylic acid groups (broad SMARTS) is 1. The summed E-state index contributed by atoms with van der Waals surface area (Å²) in [6, 6.07) is 0. The lowest BCUT2D eigenvalue weighted by atomic mass is 9.89. The molecule has 2 fully saturated rings. The summed E-state index contributed by atoms with van der Waals surface area (Å²) in [7, 11) is 0. The lowest BCUT2D eigenvalue weighted by Crippen LogP contribution is -2.09. The fraction of sp³-hybridized carbons (Fsp3) is 0.786. The van der Waals surface area contributed by atoms with Crippen molar-refractivity contribution in [2.24, 2.45) is 5.92 Å². The minimum Gasteiger partial charge on any atom is -0.481 e. The standard InChI is InChI=1S/C14H20N2O3/c17-14(18)11-7-6-10(8-11)13-15-12(16-19-13)9-4-2-1-3-5-9/h9-11H,1-8H2,(H,17,18). The third-order valence-corrected chi connectivity index (χ3v) is 4.56. The highest BCUT2D eigenvalue weighted by Gasteiger charge is 2.34. The van der Waals surface area contributed by atoms with Gasteiger partial charge in [-0.2, -0.15) is 4.98 Å². The average molecular weight is 264 g/mol. The quantitative estimate of drug-likeness (QED) is 0.907. The van der Waals surface area contributed by atoms with Crippen molar-refractivity contribution < 1.29 is 14.4 Å². The maximum atomic E-state index is 11.0. The molecule has 0 spiro atoms. The van der Waals surface area contributed by atoms with E-state index >= 15 is 0 Å². The molecule has 1 heterocycles. The third-order valence-electron chi connectivity index (χ3n) is 4.56. The van der Waals surface area contributed by atoms with Gasteiger partial charge in [0.05, 0.1) is 5.92 Å². The van der Waals surface area contributed by atoms with Crippen LogP contribution in [0.25, 0.3) is 0 Å². The molecule has 5 nitrogen and oxygen atoms in total. The van der Waals surface area contributed by atoms with Crippen molar-refractivity contribution in [3.05, 3.63) is 11.7 Å². The van der Waals surface area contributed by atoms with Crippen LogP contribution in [-0.4, -0.2) is 21.2 Å². The van der Waals surface area contributed by atoms with Gasteiger partial charge in [0.2, 0.25) is 5.89 Å². The normalized spacial score (nSPS) is 28.6. The molecule has 5 heteroatoms. The van der Waals surface area contributed by atoms with Gasteiger partial charge in [-0.1, -0.05) is 24.4 Å². The Bertz CT molecular complexity index is 451. The number of hydrogen-bond donors (Lipinski definition) is 1. The van der Waals surface area contributed by atoms with Crippen molar-refractivity contribution in [3.8, 4) is 0 Å². The summed E-state index contributed by atoms with van der Waals surface area (Å²) in [6.45, 7) is 0. The van der Waals surface area contributed by atoms with Crippen LogP contribution in [0.2, 0.25) is 0 Å². The number of nitrogens with zero attached hydrogens (tertiary/aromatic N) is 2. The van der Waals surface area contributed by atoms with Crippen molar-refractivity contribution in [2.45, 2.75) is 63.2 Å². The predicted molar refractivity (Wildman–Crippen MR) is 67.8 cm³/mol. The van der Waals surface area contributed by atoms with Crippen LogP contribution >= 0.6 is 0 Å². The lowest BCUT2D eigenvalue weighted by molar-refractivity contribution is -0.141. The Morgan fingerprint density at radius 3 is 2.58 bits per heavy atom. The van der Waals surface area contributed by atoms with E-state index in [2.05, 4.69) is 10.1 Å². The first-order valence-electron chi connectivity index (χ1n) is 7.30. The molecule has 0 bridgehead atoms. The van der Waals surface area contributed by atoms with E-state index in [0.29, 0.717) is 18.2 Å². The molecule has 2 aliphatic carbocycles. The first-order valence-corrected chi connectivity index (χ1v) is 7.30. The van der Waals surface area contributed by atoms with Crippen LogP contribution in [0.1, 0.15) is 74.9 Å². The number of carbonyl (C=O) groups is 1. The van der Waals surface area contributed by atoms with Gasteiger partial charge in [-0.05, 0) is 32.1 Å². The molecule has 3 rings (SSSR count). The van der Waals surface area contributed by atoms with Crippen LogP contribution in [0.4, 0.5) is 0 Å². The molecule has 104 valence electrons. The maximum absolute atomic E-state index is 11.0. The molecule has 1 aromatic rings. The number of aromatic nitrogens is 2. The van der Waals surface area contributed by atoms with E-state index in [9.17, 15) is 4.79 Å². The largest absolute Gasteiger partial charge is 0.481 e. The summed E-state index contributed by atoms with van der Waals surface area (Å²) < 4.78 is 5.38. The lowest BCUT2D eigenvalue weighted by Gasteiger charge is -2.17. The average Bonchev–Trinajstić information content (AvgIpc) is 3.09. The van der Waals surface area contributed by atoms with E-state index in [1.54, 1.807) is 0 Å². The molecule has 0 saturated heterocycles. The van der Waals surface area contributed by atoms with Gasteiger partial charge in [0.1, 0.15) is 0 Å². The molecule has 2 saturated carbocycles. The van der Waals surface area contributed by atoms with E-state index in [1.807, 2.05) is 0 Å². The zero-order valence-electron chi connectivity index (χ0n) is 11.0. The summed E-state index contributed by atoms with van der Waals surface area (Å²) in [6.07, 6.45) is 8.33. The Labute approximate surface area is 112 Å². The predicted octanol–water partition coefficient (Wildman–Crippen LogP) is 3.09. The summed E-state index contributed by atoms with van der Waals surface area (Å²) in [4.78, 5) is 15.5. The Balaban J connectivity index is 1.66. The second-order valence-electron chi connectivity index (χ2n) is 5.87. The minimum atomic E-state index is -0.700. The minimum absolute atomic E-state index is 0.144. The number of carboxylic acids is 1. The van der Waals surface area contributed by atoms with Gasteiger partial charge >= 0.3 is 5.97 Å². The van der Waals surface area contributed by atoms with Gasteiger partial charge in [0, 0.05) is 11.8 Å². The molecule has 0 amide bonds. The smallest absolute Gasteiger partial charge is 0.306 e. The molecule has 19 heavy (non-hydrogen) atoms. The number of hydrogen-bond acceptors (Lipinski definition) is 4. The molecule has 1 aromatic heterocycles. The first-order chi connectivity index (χ1) is 9.24. The summed E-state index contributed by atoms with van der Waals surface area (Å²) in [5.41, 5.74) is 0. The maximum Gasteiger partial charge on any atom is 0.306 e. The van der Waals surface area contributed by atoms with Crippen molar-refractivity contribution in [3.63, 3.8) is 0 Å². The van der Waals surface area contributed by atoms with Crippen molar-refractivity contribution in [1.29, 1.82) is 0 Å². The van der Waals surface area contributed by atoms with E-state index in [4.69, 9.17) is 9.63 Å². The highest BCUT2D eigenvalue weighted by atomic mass is 16.5. The van der Waals surface area contributed by atoms with Crippen molar-refractivity contribution >= 4 is 5.97 Å². The monoisotopic (exact) mass is 264 g/mol. The van der Waals surface area contributed by atoms with E-state index < -0.39 is 5.97 Å². The molecule has 1 N–H and O–H groups in total. The van der Waals surface area contributed by atoms with E-state index in [-0.39, 0.29) is 11.8 Å². The van der Waals surface area contributed by atoms with Gasteiger partial charge < -0.3 is 9.63 Å². The number of rotatable bonds is 3. The Hall–Kier alpha value is -1.39. The molecular weight excluding hydrogens is 244 g/mol. The second-order valence-corrected chi connectivity index (χ2v) is 5.87. The van der Waals surface area contributed by atoms with Gasteiger partial charge in [-0.25, -0.2) is 0 Å². The van der Waals surface area contributed by atoms with Gasteiger partial charge in [0.15, 0.2) is 5.82 Å². The third kappa shape index (κ3) is 2.65. The SMILES string of the molecule is O=C(O)C1CCC(c2nc(C3CCCCC3)no2)C1. The van der Waals surface area contributed by atoms with Crippen LogP contribution in [0.5, 0.6) is 0 Å². The van der Waals surface area contributed by atoms with E-state index in [0.717, 1.165) is 31.5 Å². The molecule has 2 aliphatic rings. The van der Waals surface area contributed by atoms with Crippen molar-refractivity contribution in [2.75, 3.05) is 0 Å². The van der Waals surface area contributed by atoms with Crippen LogP contribution < -0.4 is 0 Å². The molecule has 0 radical (unpaired) electrons. The highest BCUT2D eigenvalue weighted by molar-refractivity contribution is 5.70. The molecule has 2 unspecified atom stereocenters. The van der Waals surface area contributed by atoms with Gasteiger partial charge in [-0.3, -0.25) is 4.79 Å². The Morgan fingerprint density at radius 1 is 1.11 bits per heavy atom. The fourth-order valence-corrected chi connectivity index (χ4v) is 3.37. The fourth-order valence-electron chi connectivity index (χ4n) is 3.37. The summed E-state index contributed by atoms with van der Waals surface area (Å²) in [5.74, 6) is 1.15. The van der Waals surface area contributed by atoms with Gasteiger partial charge in [-0.15, -0.1) is 0 Å². The molecular formula is C14H20N2O3. The second kappa shape index (κ2) is 5.31. The Morgan fingerprint density at radius 2 is 1.89 bits per heavy atom. The zero-order chi connectivity index (χ0) is 13.2.